The van der Waals surface area contributed by atoms with E-state index in [2.05, 4.69) is 15.6 Å². The molecule has 0 spiro atoms. The summed E-state index contributed by atoms with van der Waals surface area (Å²) >= 11 is 1.52. The monoisotopic (exact) mass is 335 g/mol. The fraction of sp³-hybridized carbons (Fsp3) is 0.0556. The van der Waals surface area contributed by atoms with Crippen molar-refractivity contribution in [1.29, 1.82) is 0 Å². The molecular weight excluding hydrogens is 322 g/mol. The first-order valence-corrected chi connectivity index (χ1v) is 8.32. The Labute approximate surface area is 142 Å². The third-order valence-electron chi connectivity index (χ3n) is 3.91. The second-order valence-electron chi connectivity index (χ2n) is 5.35. The standard InChI is InChI=1S/C18H13N3O2S/c22-16(11-4-2-1-3-5-11)21-14-7-6-12(18-19-8-9-24-18)13-10-20-17(23)15(13)14/h1-9H,10H2,(H,20,23)(H,21,22). The number of fused-ring (bicyclic) bond motifs is 1. The van der Waals surface area contributed by atoms with Gasteiger partial charge in [-0.05, 0) is 29.8 Å². The number of rotatable bonds is 3. The first-order valence-electron chi connectivity index (χ1n) is 7.44. The molecule has 5 nitrogen and oxygen atoms in total. The van der Waals surface area contributed by atoms with Gasteiger partial charge >= 0.3 is 0 Å². The van der Waals surface area contributed by atoms with Gasteiger partial charge in [0.2, 0.25) is 0 Å². The summed E-state index contributed by atoms with van der Waals surface area (Å²) in [5.74, 6) is -0.411. The molecule has 0 bridgehead atoms. The number of benzene rings is 2. The zero-order valence-corrected chi connectivity index (χ0v) is 13.4. The summed E-state index contributed by atoms with van der Waals surface area (Å²) in [6, 6.07) is 12.6. The van der Waals surface area contributed by atoms with Gasteiger partial charge in [0, 0.05) is 29.2 Å². The molecule has 2 heterocycles. The van der Waals surface area contributed by atoms with E-state index in [1.54, 1.807) is 36.5 Å². The van der Waals surface area contributed by atoms with Crippen LogP contribution in [0, 0.1) is 0 Å². The summed E-state index contributed by atoms with van der Waals surface area (Å²) in [7, 11) is 0. The van der Waals surface area contributed by atoms with Crippen LogP contribution in [-0.4, -0.2) is 16.8 Å². The lowest BCUT2D eigenvalue weighted by Gasteiger charge is -2.11. The van der Waals surface area contributed by atoms with Gasteiger partial charge in [0.15, 0.2) is 0 Å². The number of hydrogen-bond donors (Lipinski definition) is 2. The minimum absolute atomic E-state index is 0.174. The normalized spacial score (nSPS) is 12.6. The third-order valence-corrected chi connectivity index (χ3v) is 4.72. The summed E-state index contributed by atoms with van der Waals surface area (Å²) in [6.45, 7) is 0.443. The van der Waals surface area contributed by atoms with Gasteiger partial charge in [-0.1, -0.05) is 18.2 Å². The molecule has 1 aliphatic rings. The van der Waals surface area contributed by atoms with Crippen LogP contribution >= 0.6 is 11.3 Å². The maximum atomic E-state index is 12.4. The molecule has 0 radical (unpaired) electrons. The molecule has 0 unspecified atom stereocenters. The largest absolute Gasteiger partial charge is 0.348 e. The number of hydrogen-bond acceptors (Lipinski definition) is 4. The van der Waals surface area contributed by atoms with Crippen LogP contribution in [-0.2, 0) is 6.54 Å². The molecule has 3 aromatic rings. The van der Waals surface area contributed by atoms with Crippen molar-refractivity contribution in [3.63, 3.8) is 0 Å². The molecule has 2 aromatic carbocycles. The van der Waals surface area contributed by atoms with Crippen molar-refractivity contribution >= 4 is 28.8 Å². The van der Waals surface area contributed by atoms with Crippen LogP contribution in [0.2, 0.25) is 0 Å². The number of carbonyl (C=O) groups is 2. The summed E-state index contributed by atoms with van der Waals surface area (Å²) in [5.41, 5.74) is 3.40. The Morgan fingerprint density at radius 2 is 2.00 bits per heavy atom. The van der Waals surface area contributed by atoms with Gasteiger partial charge in [0.05, 0.1) is 11.3 Å². The van der Waals surface area contributed by atoms with Crippen molar-refractivity contribution in [3.05, 3.63) is 70.7 Å². The van der Waals surface area contributed by atoms with Crippen molar-refractivity contribution in [2.24, 2.45) is 0 Å². The highest BCUT2D eigenvalue weighted by atomic mass is 32.1. The van der Waals surface area contributed by atoms with Crippen molar-refractivity contribution in [3.8, 4) is 10.6 Å². The van der Waals surface area contributed by atoms with E-state index in [0.29, 0.717) is 23.4 Å². The number of anilines is 1. The van der Waals surface area contributed by atoms with E-state index in [0.717, 1.165) is 16.1 Å². The fourth-order valence-electron chi connectivity index (χ4n) is 2.79. The van der Waals surface area contributed by atoms with E-state index < -0.39 is 0 Å². The Hall–Kier alpha value is -2.99. The molecule has 118 valence electrons. The topological polar surface area (TPSA) is 71.1 Å². The van der Waals surface area contributed by atoms with E-state index in [-0.39, 0.29) is 11.8 Å². The molecule has 6 heteroatoms. The Bertz CT molecular complexity index is 921. The average Bonchev–Trinajstić information content (AvgIpc) is 3.27. The zero-order valence-electron chi connectivity index (χ0n) is 12.6. The SMILES string of the molecule is O=C(Nc1ccc(-c2nccs2)c2c1C(=O)NC2)c1ccccc1. The van der Waals surface area contributed by atoms with E-state index in [1.807, 2.05) is 17.5 Å². The first kappa shape index (κ1) is 14.6. The fourth-order valence-corrected chi connectivity index (χ4v) is 3.48. The van der Waals surface area contributed by atoms with Crippen LogP contribution < -0.4 is 10.6 Å². The van der Waals surface area contributed by atoms with E-state index in [1.165, 1.54) is 11.3 Å². The highest BCUT2D eigenvalue weighted by molar-refractivity contribution is 7.13. The van der Waals surface area contributed by atoms with Gasteiger partial charge in [-0.25, -0.2) is 4.98 Å². The number of nitrogens with zero attached hydrogens (tertiary/aromatic N) is 1. The van der Waals surface area contributed by atoms with Gasteiger partial charge < -0.3 is 10.6 Å². The number of aromatic nitrogens is 1. The molecule has 2 N–H and O–H groups in total. The number of amides is 2. The molecule has 0 aliphatic carbocycles. The average molecular weight is 335 g/mol. The van der Waals surface area contributed by atoms with Crippen LogP contribution in [0.15, 0.2) is 54.0 Å². The van der Waals surface area contributed by atoms with Crippen LogP contribution in [0.4, 0.5) is 5.69 Å². The minimum Gasteiger partial charge on any atom is -0.348 e. The highest BCUT2D eigenvalue weighted by Crippen LogP contribution is 2.34. The predicted molar refractivity (Wildman–Crippen MR) is 93.1 cm³/mol. The lowest BCUT2D eigenvalue weighted by molar-refractivity contribution is 0.0966. The van der Waals surface area contributed by atoms with E-state index >= 15 is 0 Å². The molecule has 4 rings (SSSR count). The van der Waals surface area contributed by atoms with Gasteiger partial charge in [-0.2, -0.15) is 0 Å². The lowest BCUT2D eigenvalue weighted by atomic mass is 10.0. The van der Waals surface area contributed by atoms with Gasteiger partial charge in [-0.3, -0.25) is 9.59 Å². The van der Waals surface area contributed by atoms with Crippen LogP contribution in [0.5, 0.6) is 0 Å². The predicted octanol–water partition coefficient (Wildman–Crippen LogP) is 3.31. The second kappa shape index (κ2) is 5.90. The Balaban J connectivity index is 1.74. The lowest BCUT2D eigenvalue weighted by Crippen LogP contribution is -2.17. The minimum atomic E-state index is -0.237. The molecule has 0 saturated carbocycles. The number of carbonyl (C=O) groups excluding carboxylic acids is 2. The van der Waals surface area contributed by atoms with Crippen molar-refractivity contribution in [1.82, 2.24) is 10.3 Å². The Kier molecular flexibility index (Phi) is 3.59. The van der Waals surface area contributed by atoms with Crippen LogP contribution in [0.1, 0.15) is 26.3 Å². The van der Waals surface area contributed by atoms with Gasteiger partial charge in [0.1, 0.15) is 5.01 Å². The summed E-state index contributed by atoms with van der Waals surface area (Å²) < 4.78 is 0. The highest BCUT2D eigenvalue weighted by Gasteiger charge is 2.27. The molecule has 0 fully saturated rings. The maximum absolute atomic E-state index is 12.4. The molecule has 0 atom stereocenters. The summed E-state index contributed by atoms with van der Waals surface area (Å²) in [6.07, 6.45) is 1.74. The second-order valence-corrected chi connectivity index (χ2v) is 6.25. The molecule has 0 saturated heterocycles. The zero-order chi connectivity index (χ0) is 16.5. The maximum Gasteiger partial charge on any atom is 0.255 e. The van der Waals surface area contributed by atoms with Gasteiger partial charge in [0.25, 0.3) is 11.8 Å². The van der Waals surface area contributed by atoms with Crippen molar-refractivity contribution in [2.75, 3.05) is 5.32 Å². The van der Waals surface area contributed by atoms with Crippen LogP contribution in [0.25, 0.3) is 10.6 Å². The summed E-state index contributed by atoms with van der Waals surface area (Å²) in [5, 5.41) is 8.44. The smallest absolute Gasteiger partial charge is 0.255 e. The van der Waals surface area contributed by atoms with Crippen molar-refractivity contribution < 1.29 is 9.59 Å². The third kappa shape index (κ3) is 2.47. The van der Waals surface area contributed by atoms with Crippen molar-refractivity contribution in [2.45, 2.75) is 6.54 Å². The quantitative estimate of drug-likeness (QED) is 0.771. The first-order chi connectivity index (χ1) is 11.7. The molecule has 1 aromatic heterocycles. The van der Waals surface area contributed by atoms with E-state index in [9.17, 15) is 9.59 Å². The van der Waals surface area contributed by atoms with Gasteiger partial charge in [-0.15, -0.1) is 11.3 Å². The van der Waals surface area contributed by atoms with Crippen LogP contribution in [0.3, 0.4) is 0 Å². The Morgan fingerprint density at radius 3 is 2.75 bits per heavy atom. The molecular formula is C18H13N3O2S. The Morgan fingerprint density at radius 1 is 1.17 bits per heavy atom. The summed E-state index contributed by atoms with van der Waals surface area (Å²) in [4.78, 5) is 28.9. The number of nitrogens with one attached hydrogen (secondary N) is 2. The molecule has 2 amide bonds. The molecule has 1 aliphatic heterocycles. The van der Waals surface area contributed by atoms with E-state index in [4.69, 9.17) is 0 Å². The molecule has 24 heavy (non-hydrogen) atoms. The number of thiazole rings is 1.